The number of benzene rings is 3. The second kappa shape index (κ2) is 10.8. The Kier molecular flexibility index (Phi) is 7.15. The van der Waals surface area contributed by atoms with Crippen molar-refractivity contribution in [2.75, 3.05) is 7.11 Å². The number of rotatable bonds is 8. The normalized spacial score (nSPS) is 11.7. The summed E-state index contributed by atoms with van der Waals surface area (Å²) in [4.78, 5) is 0. The second-order valence-corrected chi connectivity index (χ2v) is 9.50. The number of aryl methyl sites for hydroxylation is 1. The number of fused-ring (bicyclic) bond motifs is 1. The molecule has 0 fully saturated rings. The molecule has 0 saturated heterocycles. The molecule has 3 aromatic carbocycles. The van der Waals surface area contributed by atoms with Gasteiger partial charge in [0, 0.05) is 17.4 Å². The molecule has 0 bridgehead atoms. The van der Waals surface area contributed by atoms with Gasteiger partial charge in [0.05, 0.1) is 17.7 Å². The lowest BCUT2D eigenvalue weighted by molar-refractivity contribution is 0.305. The van der Waals surface area contributed by atoms with Gasteiger partial charge in [0.15, 0.2) is 5.82 Å². The number of methoxy groups -OCH3 is 1. The quantitative estimate of drug-likeness (QED) is 0.241. The maximum Gasteiger partial charge on any atom is 0.176 e. The third-order valence-corrected chi connectivity index (χ3v) is 7.20. The summed E-state index contributed by atoms with van der Waals surface area (Å²) in [7, 11) is 1.65. The van der Waals surface area contributed by atoms with E-state index < -0.39 is 0 Å². The van der Waals surface area contributed by atoms with Crippen LogP contribution in [0.15, 0.2) is 60.0 Å². The number of ether oxygens (including phenoxy) is 2. The Bertz CT molecular complexity index is 1580. The van der Waals surface area contributed by atoms with E-state index >= 15 is 0 Å². The van der Waals surface area contributed by atoms with Gasteiger partial charge in [-0.05, 0) is 77.9 Å². The van der Waals surface area contributed by atoms with Gasteiger partial charge < -0.3 is 9.47 Å². The second-order valence-electron chi connectivity index (χ2n) is 8.62. The highest BCUT2D eigenvalue weighted by atomic mass is 32.1. The zero-order chi connectivity index (χ0) is 25.8. The van der Waals surface area contributed by atoms with Crippen LogP contribution in [0.25, 0.3) is 21.2 Å². The van der Waals surface area contributed by atoms with Crippen molar-refractivity contribution in [3.05, 3.63) is 88.3 Å². The molecule has 5 aromatic rings. The molecule has 0 aliphatic heterocycles. The molecule has 2 aromatic heterocycles. The van der Waals surface area contributed by atoms with Crippen molar-refractivity contribution in [2.45, 2.75) is 32.8 Å². The average molecular weight is 513 g/mol. The van der Waals surface area contributed by atoms with Crippen molar-refractivity contribution in [3.63, 3.8) is 0 Å². The molecule has 1 N–H and O–H groups in total. The van der Waals surface area contributed by atoms with Crippen LogP contribution in [0.3, 0.4) is 0 Å². The monoisotopic (exact) mass is 512 g/mol. The molecule has 2 heterocycles. The Hall–Kier alpha value is -4.22. The number of H-pyrrole nitrogens is 1. The molecule has 6 nitrogen and oxygen atoms in total. The van der Waals surface area contributed by atoms with Gasteiger partial charge in [0.1, 0.15) is 23.9 Å². The largest absolute Gasteiger partial charge is 0.497 e. The lowest BCUT2D eigenvalue weighted by atomic mass is 9.96. The summed E-state index contributed by atoms with van der Waals surface area (Å²) in [5, 5.41) is 17.0. The van der Waals surface area contributed by atoms with Crippen molar-refractivity contribution in [3.8, 4) is 34.5 Å². The van der Waals surface area contributed by atoms with Crippen LogP contribution in [0.4, 0.5) is 4.39 Å². The highest BCUT2D eigenvalue weighted by molar-refractivity contribution is 7.17. The van der Waals surface area contributed by atoms with E-state index in [0.29, 0.717) is 22.7 Å². The summed E-state index contributed by atoms with van der Waals surface area (Å²) in [5.74, 6) is 8.00. The van der Waals surface area contributed by atoms with Crippen LogP contribution in [0.1, 0.15) is 35.4 Å². The van der Waals surface area contributed by atoms with Gasteiger partial charge in [-0.25, -0.2) is 4.39 Å². The van der Waals surface area contributed by atoms with E-state index in [4.69, 9.17) is 9.47 Å². The Morgan fingerprint density at radius 1 is 1.05 bits per heavy atom. The van der Waals surface area contributed by atoms with Crippen LogP contribution in [0, 0.1) is 24.6 Å². The van der Waals surface area contributed by atoms with Crippen LogP contribution in [0.2, 0.25) is 0 Å². The number of nitrogens with one attached hydrogen (secondary N) is 1. The maximum atomic E-state index is 15.0. The van der Waals surface area contributed by atoms with E-state index in [2.05, 4.69) is 32.5 Å². The predicted octanol–water partition coefficient (Wildman–Crippen LogP) is 6.47. The van der Waals surface area contributed by atoms with E-state index in [1.165, 1.54) is 11.3 Å². The summed E-state index contributed by atoms with van der Waals surface area (Å²) in [6.07, 6.45) is 0.563. The van der Waals surface area contributed by atoms with Gasteiger partial charge in [0.2, 0.25) is 0 Å². The van der Waals surface area contributed by atoms with E-state index in [1.807, 2.05) is 67.8 Å². The lowest BCUT2D eigenvalue weighted by Gasteiger charge is -2.12. The van der Waals surface area contributed by atoms with Gasteiger partial charge in [-0.3, -0.25) is 0 Å². The number of thiophene rings is 1. The molecule has 0 spiro atoms. The SMILES string of the molecule is CC#C[C@@H](Cc1nn[nH]n1)c1ccc(OCc2cc(F)c3scc(-c4ccc(OC)cc4C)c3c2)cc1. The fourth-order valence-corrected chi connectivity index (χ4v) is 5.31. The van der Waals surface area contributed by atoms with Crippen molar-refractivity contribution in [2.24, 2.45) is 0 Å². The molecule has 1 atom stereocenters. The number of nitrogens with zero attached hydrogens (tertiary/aromatic N) is 3. The first-order valence-electron chi connectivity index (χ1n) is 11.8. The summed E-state index contributed by atoms with van der Waals surface area (Å²) < 4.78 is 27.0. The van der Waals surface area contributed by atoms with Crippen molar-refractivity contribution < 1.29 is 13.9 Å². The fourth-order valence-electron chi connectivity index (χ4n) is 4.35. The Balaban J connectivity index is 1.34. The van der Waals surface area contributed by atoms with E-state index in [-0.39, 0.29) is 18.3 Å². The molecule has 186 valence electrons. The number of tetrazole rings is 1. The van der Waals surface area contributed by atoms with Crippen molar-refractivity contribution in [1.82, 2.24) is 20.6 Å². The first-order chi connectivity index (χ1) is 18.1. The molecule has 5 rings (SSSR count). The maximum absolute atomic E-state index is 15.0. The molecular weight excluding hydrogens is 487 g/mol. The fraction of sp³-hybridized carbons (Fsp3) is 0.207. The van der Waals surface area contributed by atoms with Gasteiger partial charge in [0.25, 0.3) is 0 Å². The number of halogens is 1. The van der Waals surface area contributed by atoms with Crippen LogP contribution < -0.4 is 9.47 Å². The number of aromatic amines is 1. The molecule has 0 aliphatic rings. The smallest absolute Gasteiger partial charge is 0.176 e. The van der Waals surface area contributed by atoms with Crippen molar-refractivity contribution in [1.29, 1.82) is 0 Å². The van der Waals surface area contributed by atoms with Gasteiger partial charge in [-0.1, -0.05) is 29.3 Å². The highest BCUT2D eigenvalue weighted by Gasteiger charge is 2.15. The minimum absolute atomic E-state index is 0.0495. The highest BCUT2D eigenvalue weighted by Crippen LogP contribution is 2.38. The van der Waals surface area contributed by atoms with Crippen molar-refractivity contribution >= 4 is 21.4 Å². The third kappa shape index (κ3) is 5.32. The summed E-state index contributed by atoms with van der Waals surface area (Å²) in [6, 6.07) is 17.3. The van der Waals surface area contributed by atoms with Gasteiger partial charge in [-0.2, -0.15) is 5.21 Å². The predicted molar refractivity (Wildman–Crippen MR) is 143 cm³/mol. The summed E-state index contributed by atoms with van der Waals surface area (Å²) >= 11 is 1.41. The molecular formula is C29H25FN4O2S. The molecule has 0 radical (unpaired) electrons. The Morgan fingerprint density at radius 3 is 2.57 bits per heavy atom. The zero-order valence-electron chi connectivity index (χ0n) is 20.7. The number of hydrogen-bond donors (Lipinski definition) is 1. The topological polar surface area (TPSA) is 72.9 Å². The zero-order valence-corrected chi connectivity index (χ0v) is 21.5. The molecule has 37 heavy (non-hydrogen) atoms. The molecule has 8 heteroatoms. The van der Waals surface area contributed by atoms with Crippen LogP contribution in [0.5, 0.6) is 11.5 Å². The number of aromatic nitrogens is 4. The summed E-state index contributed by atoms with van der Waals surface area (Å²) in [6.45, 7) is 4.10. The van der Waals surface area contributed by atoms with Crippen LogP contribution in [-0.2, 0) is 13.0 Å². The minimum atomic E-state index is -0.240. The standard InChI is InChI=1S/C29H25FN4O2S/c1-4-5-21(15-28-31-33-34-32-28)20-6-8-22(9-7-20)36-16-19-13-25-26(17-37-29(25)27(30)14-19)24-11-10-23(35-3)12-18(24)2/h6-14,17,21H,15-16H2,1-3H3,(H,31,32,33,34)/t21-/m0/s1. The van der Waals surface area contributed by atoms with Crippen LogP contribution in [-0.4, -0.2) is 27.7 Å². The van der Waals surface area contributed by atoms with Crippen LogP contribution >= 0.6 is 11.3 Å². The van der Waals surface area contributed by atoms with E-state index in [9.17, 15) is 4.39 Å². The molecule has 0 saturated carbocycles. The minimum Gasteiger partial charge on any atom is -0.497 e. The summed E-state index contributed by atoms with van der Waals surface area (Å²) in [5.41, 5.74) is 4.95. The van der Waals surface area contributed by atoms with Gasteiger partial charge in [-0.15, -0.1) is 27.5 Å². The average Bonchev–Trinajstić information content (AvgIpc) is 3.58. The first kappa shape index (κ1) is 24.5. The Morgan fingerprint density at radius 2 is 1.86 bits per heavy atom. The molecule has 0 aliphatic carbocycles. The first-order valence-corrected chi connectivity index (χ1v) is 12.7. The molecule has 0 unspecified atom stereocenters. The van der Waals surface area contributed by atoms with E-state index in [0.717, 1.165) is 39.0 Å². The Labute approximate surface area is 218 Å². The van der Waals surface area contributed by atoms with Gasteiger partial charge >= 0.3 is 0 Å². The lowest BCUT2D eigenvalue weighted by Crippen LogP contribution is -2.03. The molecule has 0 amide bonds. The van der Waals surface area contributed by atoms with E-state index in [1.54, 1.807) is 13.2 Å². The number of hydrogen-bond acceptors (Lipinski definition) is 6. The third-order valence-electron chi connectivity index (χ3n) is 6.19.